The Morgan fingerprint density at radius 2 is 1.50 bits per heavy atom. The van der Waals surface area contributed by atoms with Gasteiger partial charge in [-0.2, -0.15) is 0 Å². The average molecular weight is 334 g/mol. The molecule has 134 valence electrons. The summed E-state index contributed by atoms with van der Waals surface area (Å²) < 4.78 is 23.6. The van der Waals surface area contributed by atoms with Gasteiger partial charge < -0.3 is 18.9 Å². The molecular formula is C20H30O4. The van der Waals surface area contributed by atoms with Crippen LogP contribution in [0.5, 0.6) is 0 Å². The van der Waals surface area contributed by atoms with Gasteiger partial charge in [0.25, 0.3) is 0 Å². The van der Waals surface area contributed by atoms with Crippen molar-refractivity contribution in [1.29, 1.82) is 0 Å². The normalized spacial score (nSPS) is 31.1. The van der Waals surface area contributed by atoms with E-state index in [1.165, 1.54) is 18.4 Å². The second kappa shape index (κ2) is 8.95. The van der Waals surface area contributed by atoms with E-state index in [1.54, 1.807) is 0 Å². The SMILES string of the molecule is CCCc1ccc([C@H]2OC[C@H]([C@H]3OC[C@H](CCC)CO3)CO2)cc1. The van der Waals surface area contributed by atoms with Crippen molar-refractivity contribution in [3.8, 4) is 0 Å². The first-order valence-electron chi connectivity index (χ1n) is 9.35. The first-order chi connectivity index (χ1) is 11.8. The van der Waals surface area contributed by atoms with Gasteiger partial charge in [-0.3, -0.25) is 0 Å². The fourth-order valence-corrected chi connectivity index (χ4v) is 3.40. The molecule has 2 saturated heterocycles. The van der Waals surface area contributed by atoms with Gasteiger partial charge in [-0.15, -0.1) is 0 Å². The lowest BCUT2D eigenvalue weighted by atomic mass is 10.0. The van der Waals surface area contributed by atoms with Gasteiger partial charge in [0.1, 0.15) is 0 Å². The van der Waals surface area contributed by atoms with Crippen LogP contribution in [-0.2, 0) is 25.4 Å². The van der Waals surface area contributed by atoms with Crippen molar-refractivity contribution in [2.75, 3.05) is 26.4 Å². The third kappa shape index (κ3) is 4.57. The van der Waals surface area contributed by atoms with Gasteiger partial charge in [0.05, 0.1) is 32.3 Å². The van der Waals surface area contributed by atoms with Gasteiger partial charge in [-0.1, -0.05) is 51.0 Å². The summed E-state index contributed by atoms with van der Waals surface area (Å²) in [5.41, 5.74) is 2.45. The molecule has 2 aliphatic rings. The molecule has 0 aromatic heterocycles. The molecule has 0 aliphatic carbocycles. The van der Waals surface area contributed by atoms with Crippen molar-refractivity contribution < 1.29 is 18.9 Å². The first kappa shape index (κ1) is 17.9. The number of hydrogen-bond donors (Lipinski definition) is 0. The number of benzene rings is 1. The zero-order valence-corrected chi connectivity index (χ0v) is 14.9. The third-order valence-corrected chi connectivity index (χ3v) is 4.79. The van der Waals surface area contributed by atoms with Crippen molar-refractivity contribution in [3.05, 3.63) is 35.4 Å². The maximum atomic E-state index is 5.92. The number of hydrogen-bond acceptors (Lipinski definition) is 4. The molecule has 0 saturated carbocycles. The molecule has 0 radical (unpaired) electrons. The highest BCUT2D eigenvalue weighted by Gasteiger charge is 2.33. The van der Waals surface area contributed by atoms with Crippen LogP contribution in [0.4, 0.5) is 0 Å². The van der Waals surface area contributed by atoms with Crippen LogP contribution in [0.15, 0.2) is 24.3 Å². The van der Waals surface area contributed by atoms with E-state index in [0.29, 0.717) is 19.1 Å². The topological polar surface area (TPSA) is 36.9 Å². The van der Waals surface area contributed by atoms with Gasteiger partial charge in [-0.05, 0) is 18.4 Å². The molecule has 0 amide bonds. The largest absolute Gasteiger partial charge is 0.352 e. The van der Waals surface area contributed by atoms with E-state index >= 15 is 0 Å². The van der Waals surface area contributed by atoms with Crippen molar-refractivity contribution in [2.24, 2.45) is 11.8 Å². The molecule has 0 atom stereocenters. The van der Waals surface area contributed by atoms with Gasteiger partial charge in [0.15, 0.2) is 12.6 Å². The van der Waals surface area contributed by atoms with Crippen molar-refractivity contribution in [2.45, 2.75) is 52.1 Å². The highest BCUT2D eigenvalue weighted by molar-refractivity contribution is 5.23. The maximum Gasteiger partial charge on any atom is 0.183 e. The van der Waals surface area contributed by atoms with Crippen LogP contribution in [0.1, 0.15) is 50.5 Å². The fraction of sp³-hybridized carbons (Fsp3) is 0.700. The quantitative estimate of drug-likeness (QED) is 0.785. The van der Waals surface area contributed by atoms with E-state index in [4.69, 9.17) is 18.9 Å². The summed E-state index contributed by atoms with van der Waals surface area (Å²) >= 11 is 0. The molecule has 0 bridgehead atoms. The summed E-state index contributed by atoms with van der Waals surface area (Å²) in [7, 11) is 0. The molecule has 2 fully saturated rings. The summed E-state index contributed by atoms with van der Waals surface area (Å²) in [5.74, 6) is 0.689. The Hall–Kier alpha value is -0.940. The molecule has 1 aromatic rings. The predicted molar refractivity (Wildman–Crippen MR) is 92.7 cm³/mol. The van der Waals surface area contributed by atoms with Crippen LogP contribution in [0.3, 0.4) is 0 Å². The molecule has 0 unspecified atom stereocenters. The summed E-state index contributed by atoms with van der Waals surface area (Å²) in [6.07, 6.45) is 4.17. The monoisotopic (exact) mass is 334 g/mol. The molecule has 24 heavy (non-hydrogen) atoms. The Balaban J connectivity index is 1.45. The molecule has 2 heterocycles. The average Bonchev–Trinajstić information content (AvgIpc) is 2.64. The first-order valence-corrected chi connectivity index (χ1v) is 9.35. The summed E-state index contributed by atoms with van der Waals surface area (Å²) in [6, 6.07) is 8.55. The Morgan fingerprint density at radius 1 is 0.833 bits per heavy atom. The van der Waals surface area contributed by atoms with Crippen LogP contribution >= 0.6 is 0 Å². The highest BCUT2D eigenvalue weighted by atomic mass is 16.7. The maximum absolute atomic E-state index is 5.92. The molecule has 1 aromatic carbocycles. The van der Waals surface area contributed by atoms with Crippen molar-refractivity contribution >= 4 is 0 Å². The van der Waals surface area contributed by atoms with Gasteiger partial charge in [0, 0.05) is 11.5 Å². The standard InChI is InChI=1S/C20H30O4/c1-3-5-15-7-9-17(10-8-15)19-23-13-18(14-24-19)20-21-11-16(6-4-2)12-22-20/h7-10,16,18-20H,3-6,11-14H2,1-2H3/t16-,18-,19-,20-. The van der Waals surface area contributed by atoms with E-state index in [9.17, 15) is 0 Å². The Labute approximate surface area is 145 Å². The Kier molecular flexibility index (Phi) is 6.67. The number of aryl methyl sites for hydroxylation is 1. The molecule has 2 aliphatic heterocycles. The van der Waals surface area contributed by atoms with Crippen LogP contribution in [0.25, 0.3) is 0 Å². The fourth-order valence-electron chi connectivity index (χ4n) is 3.40. The van der Waals surface area contributed by atoms with Crippen LogP contribution in [-0.4, -0.2) is 32.7 Å². The smallest absolute Gasteiger partial charge is 0.183 e. The minimum atomic E-state index is -0.270. The summed E-state index contributed by atoms with van der Waals surface area (Å²) in [5, 5.41) is 0. The van der Waals surface area contributed by atoms with E-state index in [1.807, 2.05) is 0 Å². The predicted octanol–water partition coefficient (Wildman–Crippen LogP) is 4.09. The molecule has 4 heteroatoms. The molecular weight excluding hydrogens is 304 g/mol. The van der Waals surface area contributed by atoms with Gasteiger partial charge in [0.2, 0.25) is 0 Å². The zero-order valence-electron chi connectivity index (χ0n) is 14.9. The van der Waals surface area contributed by atoms with Crippen LogP contribution in [0.2, 0.25) is 0 Å². The van der Waals surface area contributed by atoms with E-state index in [-0.39, 0.29) is 18.5 Å². The minimum absolute atomic E-state index is 0.156. The minimum Gasteiger partial charge on any atom is -0.352 e. The lowest BCUT2D eigenvalue weighted by Crippen LogP contribution is -2.43. The molecule has 4 nitrogen and oxygen atoms in total. The Morgan fingerprint density at radius 3 is 2.08 bits per heavy atom. The van der Waals surface area contributed by atoms with E-state index < -0.39 is 0 Å². The lowest BCUT2D eigenvalue weighted by Gasteiger charge is -2.37. The molecule has 3 rings (SSSR count). The van der Waals surface area contributed by atoms with Gasteiger partial charge in [-0.25, -0.2) is 0 Å². The molecule has 0 spiro atoms. The van der Waals surface area contributed by atoms with E-state index in [2.05, 4.69) is 38.1 Å². The highest BCUT2D eigenvalue weighted by Crippen LogP contribution is 2.29. The number of ether oxygens (including phenoxy) is 4. The van der Waals surface area contributed by atoms with Crippen LogP contribution < -0.4 is 0 Å². The summed E-state index contributed by atoms with van der Waals surface area (Å²) in [4.78, 5) is 0. The molecule has 0 N–H and O–H groups in total. The third-order valence-electron chi connectivity index (χ3n) is 4.79. The van der Waals surface area contributed by atoms with Gasteiger partial charge >= 0.3 is 0 Å². The zero-order chi connectivity index (χ0) is 16.8. The second-order valence-corrected chi connectivity index (χ2v) is 6.94. The lowest BCUT2D eigenvalue weighted by molar-refractivity contribution is -0.283. The summed E-state index contributed by atoms with van der Waals surface area (Å²) in [6.45, 7) is 7.20. The van der Waals surface area contributed by atoms with Crippen LogP contribution in [0, 0.1) is 11.8 Å². The second-order valence-electron chi connectivity index (χ2n) is 6.94. The van der Waals surface area contributed by atoms with Crippen molar-refractivity contribution in [1.82, 2.24) is 0 Å². The van der Waals surface area contributed by atoms with Crippen molar-refractivity contribution in [3.63, 3.8) is 0 Å². The number of rotatable bonds is 6. The Bertz CT molecular complexity index is 471. The van der Waals surface area contributed by atoms with E-state index in [0.717, 1.165) is 31.6 Å².